The third-order valence-electron chi connectivity index (χ3n) is 4.35. The topological polar surface area (TPSA) is 105 Å². The molecule has 7 nitrogen and oxygen atoms in total. The molecule has 0 aliphatic carbocycles. The van der Waals surface area contributed by atoms with Crippen molar-refractivity contribution < 1.29 is 22.7 Å². The van der Waals surface area contributed by atoms with Crippen LogP contribution in [0, 0.1) is 16.7 Å². The number of carbonyl (C=O) groups is 2. The monoisotopic (exact) mass is 484 g/mol. The molecule has 0 saturated heterocycles. The van der Waals surface area contributed by atoms with Gasteiger partial charge in [-0.2, -0.15) is 5.26 Å². The van der Waals surface area contributed by atoms with Gasteiger partial charge in [0.25, 0.3) is 10.0 Å². The molecule has 1 atom stereocenters. The van der Waals surface area contributed by atoms with Gasteiger partial charge in [0.2, 0.25) is 10.3 Å². The van der Waals surface area contributed by atoms with Crippen LogP contribution in [0.15, 0.2) is 29.2 Å². The molecule has 0 aromatic heterocycles. The van der Waals surface area contributed by atoms with Gasteiger partial charge < -0.3 is 4.74 Å². The van der Waals surface area contributed by atoms with E-state index in [9.17, 15) is 18.0 Å². The summed E-state index contributed by atoms with van der Waals surface area (Å²) >= 11 is 6.33. The molecule has 170 valence electrons. The number of rotatable bonds is 9. The number of sulfonamides is 1. The van der Waals surface area contributed by atoms with Crippen molar-refractivity contribution in [3.63, 3.8) is 0 Å². The largest absolute Gasteiger partial charge is 0.479 e. The number of Topliss-reactive ketones (excluding diaryl/α,β-unsaturated/α-hetero) is 1. The van der Waals surface area contributed by atoms with Crippen LogP contribution in [0.1, 0.15) is 53.0 Å². The Labute approximate surface area is 194 Å². The van der Waals surface area contributed by atoms with Crippen LogP contribution in [0.5, 0.6) is 0 Å². The number of nitriles is 1. The number of thioether (sulfide) groups is 1. The summed E-state index contributed by atoms with van der Waals surface area (Å²) < 4.78 is 32.5. The molecule has 0 N–H and O–H groups in total. The minimum Gasteiger partial charge on any atom is -0.479 e. The SMILES string of the molecule is CCOC(=S)SC(CCC(=O)C(C)(C)C)CN(C(C)=O)S(=O)(=O)c1ccc(C#N)cc1. The Hall–Kier alpha value is -1.96. The maximum absolute atomic E-state index is 13.1. The second-order valence-electron chi connectivity index (χ2n) is 7.83. The zero-order valence-corrected chi connectivity index (χ0v) is 20.8. The van der Waals surface area contributed by atoms with Crippen molar-refractivity contribution >= 4 is 50.1 Å². The average Bonchev–Trinajstić information content (AvgIpc) is 2.68. The van der Waals surface area contributed by atoms with E-state index in [1.54, 1.807) is 6.92 Å². The van der Waals surface area contributed by atoms with Crippen LogP contribution >= 0.6 is 24.0 Å². The molecular weight excluding hydrogens is 456 g/mol. The minimum atomic E-state index is -4.14. The number of nitrogens with zero attached hydrogens (tertiary/aromatic N) is 2. The Kier molecular flexibility index (Phi) is 10.1. The number of hydrogen-bond donors (Lipinski definition) is 0. The Morgan fingerprint density at radius 2 is 1.84 bits per heavy atom. The van der Waals surface area contributed by atoms with Crippen LogP contribution in [0.4, 0.5) is 0 Å². The van der Waals surface area contributed by atoms with Crippen LogP contribution in [-0.4, -0.2) is 47.2 Å². The van der Waals surface area contributed by atoms with Crippen molar-refractivity contribution in [3.8, 4) is 6.07 Å². The lowest BCUT2D eigenvalue weighted by atomic mass is 9.88. The van der Waals surface area contributed by atoms with Crippen LogP contribution < -0.4 is 0 Å². The molecule has 0 radical (unpaired) electrons. The molecule has 1 amide bonds. The predicted octanol–water partition coefficient (Wildman–Crippen LogP) is 3.91. The summed E-state index contributed by atoms with van der Waals surface area (Å²) in [4.78, 5) is 24.6. The summed E-state index contributed by atoms with van der Waals surface area (Å²) in [6.07, 6.45) is 0.555. The fraction of sp³-hybridized carbons (Fsp3) is 0.524. The third-order valence-corrected chi connectivity index (χ3v) is 7.64. The van der Waals surface area contributed by atoms with Crippen molar-refractivity contribution in [2.45, 2.75) is 57.6 Å². The van der Waals surface area contributed by atoms with E-state index in [-0.39, 0.29) is 28.0 Å². The first kappa shape index (κ1) is 27.1. The lowest BCUT2D eigenvalue weighted by molar-refractivity contribution is -0.126. The molecule has 0 aliphatic rings. The average molecular weight is 485 g/mol. The van der Waals surface area contributed by atoms with E-state index in [2.05, 4.69) is 0 Å². The maximum atomic E-state index is 13.1. The summed E-state index contributed by atoms with van der Waals surface area (Å²) in [5, 5.41) is 8.46. The van der Waals surface area contributed by atoms with Crippen molar-refractivity contribution in [3.05, 3.63) is 29.8 Å². The highest BCUT2D eigenvalue weighted by molar-refractivity contribution is 8.23. The lowest BCUT2D eigenvalue weighted by Gasteiger charge is -2.27. The fourth-order valence-corrected chi connectivity index (χ4v) is 5.54. The zero-order chi connectivity index (χ0) is 23.8. The van der Waals surface area contributed by atoms with Crippen LogP contribution in [0.3, 0.4) is 0 Å². The quantitative estimate of drug-likeness (QED) is 0.486. The van der Waals surface area contributed by atoms with E-state index >= 15 is 0 Å². The van der Waals surface area contributed by atoms with Crippen molar-refractivity contribution in [1.82, 2.24) is 4.31 Å². The summed E-state index contributed by atoms with van der Waals surface area (Å²) in [7, 11) is -4.14. The van der Waals surface area contributed by atoms with Crippen LogP contribution in [-0.2, 0) is 24.3 Å². The minimum absolute atomic E-state index is 0.0322. The normalized spacial score (nSPS) is 12.5. The van der Waals surface area contributed by atoms with Crippen LogP contribution in [0.25, 0.3) is 0 Å². The Morgan fingerprint density at radius 3 is 2.29 bits per heavy atom. The van der Waals surface area contributed by atoms with Gasteiger partial charge in [0.1, 0.15) is 5.78 Å². The van der Waals surface area contributed by atoms with Crippen molar-refractivity contribution in [1.29, 1.82) is 5.26 Å². The second-order valence-corrected chi connectivity index (χ2v) is 11.6. The van der Waals surface area contributed by atoms with Gasteiger partial charge in [-0.3, -0.25) is 9.59 Å². The molecule has 0 fully saturated rings. The molecule has 1 aromatic rings. The van der Waals surface area contributed by atoms with E-state index in [1.807, 2.05) is 26.8 Å². The first-order valence-electron chi connectivity index (χ1n) is 9.73. The van der Waals surface area contributed by atoms with E-state index in [0.717, 1.165) is 16.1 Å². The predicted molar refractivity (Wildman–Crippen MR) is 125 cm³/mol. The molecule has 0 heterocycles. The van der Waals surface area contributed by atoms with Gasteiger partial charge in [-0.05, 0) is 49.8 Å². The van der Waals surface area contributed by atoms with Crippen LogP contribution in [0.2, 0.25) is 0 Å². The number of thiocarbonyl (C=S) groups is 1. The van der Waals surface area contributed by atoms with Gasteiger partial charge in [0.05, 0.1) is 23.1 Å². The van der Waals surface area contributed by atoms with E-state index in [0.29, 0.717) is 18.6 Å². The Balaban J connectivity index is 3.16. The van der Waals surface area contributed by atoms with Gasteiger partial charge in [-0.1, -0.05) is 32.5 Å². The molecule has 1 unspecified atom stereocenters. The van der Waals surface area contributed by atoms with Gasteiger partial charge in [-0.25, -0.2) is 12.7 Å². The molecule has 10 heteroatoms. The van der Waals surface area contributed by atoms with E-state index in [1.165, 1.54) is 31.2 Å². The van der Waals surface area contributed by atoms with Crippen molar-refractivity contribution in [2.24, 2.45) is 5.41 Å². The van der Waals surface area contributed by atoms with Gasteiger partial charge in [0.15, 0.2) is 0 Å². The summed E-state index contributed by atoms with van der Waals surface area (Å²) in [6.45, 7) is 8.61. The Bertz CT molecular complexity index is 945. The first-order chi connectivity index (χ1) is 14.3. The van der Waals surface area contributed by atoms with Gasteiger partial charge in [0, 0.05) is 30.6 Å². The smallest absolute Gasteiger partial charge is 0.266 e. The number of amides is 1. The first-order valence-corrected chi connectivity index (χ1v) is 12.5. The maximum Gasteiger partial charge on any atom is 0.266 e. The molecule has 0 spiro atoms. The summed E-state index contributed by atoms with van der Waals surface area (Å²) in [5.41, 5.74) is -0.214. The molecule has 1 aromatic carbocycles. The van der Waals surface area contributed by atoms with Gasteiger partial charge >= 0.3 is 0 Å². The number of ketones is 1. The van der Waals surface area contributed by atoms with Gasteiger partial charge in [-0.15, -0.1) is 0 Å². The number of hydrogen-bond acceptors (Lipinski definition) is 8. The highest BCUT2D eigenvalue weighted by Gasteiger charge is 2.31. The molecule has 0 aliphatic heterocycles. The second kappa shape index (κ2) is 11.6. The standard InChI is InChI=1S/C21H28N2O5S3/c1-6-28-20(29)30-17(9-12-19(25)21(3,4)5)14-23(15(2)24)31(26,27)18-10-7-16(13-22)8-11-18/h7-8,10-11,17H,6,9,12,14H2,1-5H3. The number of benzene rings is 1. The highest BCUT2D eigenvalue weighted by atomic mass is 32.2. The summed E-state index contributed by atoms with van der Waals surface area (Å²) in [5.74, 6) is -0.621. The fourth-order valence-electron chi connectivity index (χ4n) is 2.55. The Morgan fingerprint density at radius 1 is 1.26 bits per heavy atom. The van der Waals surface area contributed by atoms with E-state index in [4.69, 9.17) is 22.2 Å². The third kappa shape index (κ3) is 8.24. The highest BCUT2D eigenvalue weighted by Crippen LogP contribution is 2.27. The summed E-state index contributed by atoms with van der Waals surface area (Å²) in [6, 6.07) is 7.26. The number of ether oxygens (including phenoxy) is 1. The lowest BCUT2D eigenvalue weighted by Crippen LogP contribution is -2.40. The molecule has 31 heavy (non-hydrogen) atoms. The zero-order valence-electron chi connectivity index (χ0n) is 18.4. The van der Waals surface area contributed by atoms with E-state index < -0.39 is 26.6 Å². The molecule has 0 bridgehead atoms. The molecule has 1 rings (SSSR count). The number of carbonyl (C=O) groups excluding carboxylic acids is 2. The molecular formula is C21H28N2O5S3. The van der Waals surface area contributed by atoms with Crippen molar-refractivity contribution in [2.75, 3.05) is 13.2 Å². The molecule has 0 saturated carbocycles.